The van der Waals surface area contributed by atoms with Gasteiger partial charge in [0.25, 0.3) is 0 Å². The first-order valence-corrected chi connectivity index (χ1v) is 9.08. The van der Waals surface area contributed by atoms with Gasteiger partial charge in [0.1, 0.15) is 15.6 Å². The average molecular weight is 325 g/mol. The van der Waals surface area contributed by atoms with Crippen molar-refractivity contribution >= 4 is 27.2 Å². The number of pyridine rings is 1. The molecule has 0 atom stereocenters. The van der Waals surface area contributed by atoms with Gasteiger partial charge >= 0.3 is 0 Å². The summed E-state index contributed by atoms with van der Waals surface area (Å²) < 4.78 is 27.5. The van der Waals surface area contributed by atoms with Gasteiger partial charge in [0.2, 0.25) is 10.0 Å². The quantitative estimate of drug-likeness (QED) is 0.769. The van der Waals surface area contributed by atoms with Gasteiger partial charge in [-0.15, -0.1) is 0 Å². The third-order valence-electron chi connectivity index (χ3n) is 3.94. The predicted octanol–water partition coefficient (Wildman–Crippen LogP) is 1.53. The Labute approximate surface area is 130 Å². The number of hydrogen-bond donors (Lipinski definition) is 1. The van der Waals surface area contributed by atoms with Crippen LogP contribution < -0.4 is 5.73 Å². The molecule has 114 valence electrons. The Hall–Kier alpha value is -1.05. The smallest absolute Gasteiger partial charge is 0.245 e. The highest BCUT2D eigenvalue weighted by atomic mass is 32.2. The molecule has 0 bridgehead atoms. The number of sulfonamides is 1. The van der Waals surface area contributed by atoms with Crippen molar-refractivity contribution in [3.05, 3.63) is 24.0 Å². The van der Waals surface area contributed by atoms with Crippen LogP contribution in [-0.4, -0.2) is 35.8 Å². The predicted molar refractivity (Wildman–Crippen MR) is 84.3 cm³/mol. The molecule has 5 nitrogen and oxygen atoms in total. The highest BCUT2D eigenvalue weighted by Gasteiger charge is 2.36. The minimum absolute atomic E-state index is 0.0203. The SMILES string of the molecule is NC(=S)c1ncccc1S(=O)(=O)N(CC1CC1)CC1CC1. The summed E-state index contributed by atoms with van der Waals surface area (Å²) in [6, 6.07) is 3.16. The first kappa shape index (κ1) is 14.9. The van der Waals surface area contributed by atoms with Crippen LogP contribution in [0.4, 0.5) is 0 Å². The molecule has 3 rings (SSSR count). The standard InChI is InChI=1S/C14H19N3O2S2/c15-14(20)13-12(2-1-7-16-13)21(18,19)17(8-10-3-4-10)9-11-5-6-11/h1-2,7,10-11H,3-6,8-9H2,(H2,15,20). The van der Waals surface area contributed by atoms with E-state index in [-0.39, 0.29) is 15.6 Å². The van der Waals surface area contributed by atoms with Crippen LogP contribution in [0.1, 0.15) is 31.4 Å². The Morgan fingerprint density at radius 2 is 1.86 bits per heavy atom. The number of thiocarbonyl (C=S) groups is 1. The van der Waals surface area contributed by atoms with E-state index in [2.05, 4.69) is 4.98 Å². The van der Waals surface area contributed by atoms with E-state index < -0.39 is 10.0 Å². The van der Waals surface area contributed by atoms with Crippen molar-refractivity contribution in [2.75, 3.05) is 13.1 Å². The van der Waals surface area contributed by atoms with Crippen LogP contribution in [0.15, 0.2) is 23.2 Å². The number of hydrogen-bond acceptors (Lipinski definition) is 4. The normalized spacial score (nSPS) is 18.9. The van der Waals surface area contributed by atoms with Gasteiger partial charge < -0.3 is 5.73 Å². The summed E-state index contributed by atoms with van der Waals surface area (Å²) in [7, 11) is -3.58. The molecule has 21 heavy (non-hydrogen) atoms. The fourth-order valence-electron chi connectivity index (χ4n) is 2.37. The van der Waals surface area contributed by atoms with E-state index in [0.29, 0.717) is 24.9 Å². The van der Waals surface area contributed by atoms with E-state index in [1.54, 1.807) is 16.4 Å². The van der Waals surface area contributed by atoms with Crippen molar-refractivity contribution in [3.63, 3.8) is 0 Å². The summed E-state index contributed by atoms with van der Waals surface area (Å²) in [6.07, 6.45) is 5.98. The number of nitrogens with two attached hydrogens (primary N) is 1. The molecule has 0 radical (unpaired) electrons. The van der Waals surface area contributed by atoms with Crippen LogP contribution in [0.25, 0.3) is 0 Å². The molecule has 0 amide bonds. The van der Waals surface area contributed by atoms with E-state index in [4.69, 9.17) is 18.0 Å². The maximum Gasteiger partial charge on any atom is 0.245 e. The Morgan fingerprint density at radius 1 is 1.29 bits per heavy atom. The second-order valence-electron chi connectivity index (χ2n) is 5.92. The molecule has 1 aromatic heterocycles. The van der Waals surface area contributed by atoms with Crippen molar-refractivity contribution < 1.29 is 8.42 Å². The molecule has 1 aromatic rings. The maximum absolute atomic E-state index is 13.0. The van der Waals surface area contributed by atoms with E-state index in [9.17, 15) is 8.42 Å². The molecule has 2 aliphatic rings. The van der Waals surface area contributed by atoms with Gasteiger partial charge in [-0.1, -0.05) is 12.2 Å². The topological polar surface area (TPSA) is 76.3 Å². The molecule has 2 N–H and O–H groups in total. The molecule has 2 fully saturated rings. The van der Waals surface area contributed by atoms with Gasteiger partial charge in [-0.25, -0.2) is 8.42 Å². The molecule has 0 saturated heterocycles. The monoisotopic (exact) mass is 325 g/mol. The second kappa shape index (κ2) is 5.62. The molecule has 2 aliphatic carbocycles. The van der Waals surface area contributed by atoms with Gasteiger partial charge in [-0.05, 0) is 49.7 Å². The summed E-state index contributed by atoms with van der Waals surface area (Å²) in [5.74, 6) is 1.01. The lowest BCUT2D eigenvalue weighted by molar-refractivity contribution is 0.382. The van der Waals surface area contributed by atoms with Crippen molar-refractivity contribution in [3.8, 4) is 0 Å². The molecule has 0 aromatic carbocycles. The summed E-state index contributed by atoms with van der Waals surface area (Å²) in [6.45, 7) is 1.20. The maximum atomic E-state index is 13.0. The summed E-state index contributed by atoms with van der Waals surface area (Å²) in [5.41, 5.74) is 5.82. The highest BCUT2D eigenvalue weighted by Crippen LogP contribution is 2.36. The van der Waals surface area contributed by atoms with Crippen LogP contribution in [0.3, 0.4) is 0 Å². The second-order valence-corrected chi connectivity index (χ2v) is 8.27. The molecular formula is C14H19N3O2S2. The van der Waals surface area contributed by atoms with Crippen LogP contribution >= 0.6 is 12.2 Å². The van der Waals surface area contributed by atoms with Gasteiger partial charge in [0.05, 0.1) is 0 Å². The van der Waals surface area contributed by atoms with Crippen molar-refractivity contribution in [2.24, 2.45) is 17.6 Å². The first-order valence-electron chi connectivity index (χ1n) is 7.23. The van der Waals surface area contributed by atoms with Gasteiger partial charge in [0, 0.05) is 19.3 Å². The van der Waals surface area contributed by atoms with Crippen LogP contribution in [0, 0.1) is 11.8 Å². The minimum atomic E-state index is -3.58. The van der Waals surface area contributed by atoms with Crippen LogP contribution in [0.5, 0.6) is 0 Å². The molecule has 1 heterocycles. The zero-order chi connectivity index (χ0) is 15.0. The lowest BCUT2D eigenvalue weighted by atomic mass is 10.3. The lowest BCUT2D eigenvalue weighted by Crippen LogP contribution is -2.36. The van der Waals surface area contributed by atoms with E-state index in [0.717, 1.165) is 25.7 Å². The Kier molecular flexibility index (Phi) is 3.98. The zero-order valence-electron chi connectivity index (χ0n) is 11.7. The third kappa shape index (κ3) is 3.41. The van der Waals surface area contributed by atoms with Crippen molar-refractivity contribution in [1.29, 1.82) is 0 Å². The van der Waals surface area contributed by atoms with Gasteiger partial charge in [0.15, 0.2) is 0 Å². The van der Waals surface area contributed by atoms with E-state index in [1.165, 1.54) is 6.20 Å². The zero-order valence-corrected chi connectivity index (χ0v) is 13.4. The fourth-order valence-corrected chi connectivity index (χ4v) is 4.35. The molecule has 7 heteroatoms. The number of aromatic nitrogens is 1. The largest absolute Gasteiger partial charge is 0.388 e. The number of rotatable bonds is 7. The van der Waals surface area contributed by atoms with Gasteiger partial charge in [-0.3, -0.25) is 4.98 Å². The third-order valence-corrected chi connectivity index (χ3v) is 6.00. The molecule has 0 unspecified atom stereocenters. The van der Waals surface area contributed by atoms with Gasteiger partial charge in [-0.2, -0.15) is 4.31 Å². The first-order chi connectivity index (χ1) is 9.98. The van der Waals surface area contributed by atoms with E-state index in [1.807, 2.05) is 0 Å². The van der Waals surface area contributed by atoms with Crippen LogP contribution in [0.2, 0.25) is 0 Å². The molecule has 0 aliphatic heterocycles. The summed E-state index contributed by atoms with van der Waals surface area (Å²) >= 11 is 4.94. The van der Waals surface area contributed by atoms with Crippen molar-refractivity contribution in [2.45, 2.75) is 30.6 Å². The molecule has 0 spiro atoms. The number of nitrogens with zero attached hydrogens (tertiary/aromatic N) is 2. The fraction of sp³-hybridized carbons (Fsp3) is 0.571. The summed E-state index contributed by atoms with van der Waals surface area (Å²) in [5, 5.41) is 0. The Balaban J connectivity index is 1.93. The van der Waals surface area contributed by atoms with Crippen molar-refractivity contribution in [1.82, 2.24) is 9.29 Å². The van der Waals surface area contributed by atoms with E-state index >= 15 is 0 Å². The average Bonchev–Trinajstić information content (AvgIpc) is 3.33. The minimum Gasteiger partial charge on any atom is -0.388 e. The summed E-state index contributed by atoms with van der Waals surface area (Å²) in [4.78, 5) is 4.20. The molecular weight excluding hydrogens is 306 g/mol. The Bertz CT molecular complexity index is 638. The Morgan fingerprint density at radius 3 is 2.33 bits per heavy atom. The van der Waals surface area contributed by atoms with Crippen LogP contribution in [-0.2, 0) is 10.0 Å². The molecule has 2 saturated carbocycles. The highest BCUT2D eigenvalue weighted by molar-refractivity contribution is 7.89. The lowest BCUT2D eigenvalue weighted by Gasteiger charge is -2.23.